The van der Waals surface area contributed by atoms with Crippen LogP contribution >= 0.6 is 0 Å². The molecule has 0 radical (unpaired) electrons. The molecule has 0 saturated carbocycles. The van der Waals surface area contributed by atoms with Gasteiger partial charge in [0.1, 0.15) is 24.2 Å². The zero-order chi connectivity index (χ0) is 22.9. The first kappa shape index (κ1) is 26.2. The fourth-order valence-electron chi connectivity index (χ4n) is 1.98. The van der Waals surface area contributed by atoms with Crippen LogP contribution in [0.2, 0.25) is 0 Å². The van der Waals surface area contributed by atoms with E-state index in [1.54, 1.807) is 0 Å². The summed E-state index contributed by atoms with van der Waals surface area (Å²) in [6.45, 7) is 1.37. The maximum atomic E-state index is 12.3. The number of nitrogens with two attached hydrogens (primary N) is 1. The molecule has 14 heteroatoms. The van der Waals surface area contributed by atoms with Gasteiger partial charge in [0.2, 0.25) is 17.7 Å². The minimum absolute atomic E-state index is 0.948. The van der Waals surface area contributed by atoms with Crippen molar-refractivity contribution in [3.05, 3.63) is 0 Å². The maximum absolute atomic E-state index is 12.3. The lowest BCUT2D eigenvalue weighted by Gasteiger charge is -2.26. The second-order valence-corrected chi connectivity index (χ2v) is 6.23. The molecule has 0 fully saturated rings. The van der Waals surface area contributed by atoms with Gasteiger partial charge < -0.3 is 47.2 Å². The van der Waals surface area contributed by atoms with Crippen molar-refractivity contribution in [2.24, 2.45) is 5.73 Å². The molecule has 0 aromatic rings. The Hall–Kier alpha value is -2.81. The lowest BCUT2D eigenvalue weighted by atomic mass is 10.1. The minimum Gasteiger partial charge on any atom is -0.481 e. The molecule has 14 nitrogen and oxygen atoms in total. The summed E-state index contributed by atoms with van der Waals surface area (Å²) in [5, 5.41) is 51.8. The monoisotopic (exact) mass is 422 g/mol. The van der Waals surface area contributed by atoms with Gasteiger partial charge in [-0.1, -0.05) is 0 Å². The lowest BCUT2D eigenvalue weighted by molar-refractivity contribution is -0.147. The van der Waals surface area contributed by atoms with Crippen molar-refractivity contribution in [1.82, 2.24) is 16.0 Å². The third-order valence-electron chi connectivity index (χ3n) is 3.69. The molecule has 6 atom stereocenters. The van der Waals surface area contributed by atoms with Crippen molar-refractivity contribution in [1.29, 1.82) is 0 Å². The fraction of sp³-hybridized carbons (Fsp3) is 0.667. The Kier molecular flexibility index (Phi) is 10.7. The Balaban J connectivity index is 5.20. The van der Waals surface area contributed by atoms with Crippen LogP contribution in [0.25, 0.3) is 0 Å². The highest BCUT2D eigenvalue weighted by atomic mass is 16.4. The molecule has 0 spiro atoms. The van der Waals surface area contributed by atoms with Gasteiger partial charge in [-0.2, -0.15) is 0 Å². The molecule has 0 aromatic heterocycles. The standard InChI is InChI=1S/C15H26N4O10/c1-5(21)10(16)13(26)19-11(6(2)22)14(27)18-8(4-20)12(25)17-7(15(28)29)3-9(23)24/h5-8,10-11,20-22H,3-4,16H2,1-2H3,(H,17,25)(H,18,27)(H,19,26)(H,23,24)(H,28,29). The van der Waals surface area contributed by atoms with E-state index in [0.717, 1.165) is 6.92 Å². The lowest BCUT2D eigenvalue weighted by Crippen LogP contribution is -2.61. The number of carbonyl (C=O) groups excluding carboxylic acids is 3. The summed E-state index contributed by atoms with van der Waals surface area (Å²) in [4.78, 5) is 57.9. The molecule has 10 N–H and O–H groups in total. The zero-order valence-corrected chi connectivity index (χ0v) is 15.7. The summed E-state index contributed by atoms with van der Waals surface area (Å²) in [7, 11) is 0. The Morgan fingerprint density at radius 1 is 0.828 bits per heavy atom. The number of aliphatic hydroxyl groups excluding tert-OH is 3. The van der Waals surface area contributed by atoms with Crippen molar-refractivity contribution in [3.63, 3.8) is 0 Å². The molecule has 0 bridgehead atoms. The van der Waals surface area contributed by atoms with E-state index in [1.165, 1.54) is 6.92 Å². The van der Waals surface area contributed by atoms with Crippen LogP contribution in [0.5, 0.6) is 0 Å². The van der Waals surface area contributed by atoms with E-state index in [4.69, 9.17) is 15.9 Å². The van der Waals surface area contributed by atoms with Gasteiger partial charge in [0.05, 0.1) is 25.2 Å². The van der Waals surface area contributed by atoms with Crippen molar-refractivity contribution in [3.8, 4) is 0 Å². The second kappa shape index (κ2) is 11.9. The van der Waals surface area contributed by atoms with Crippen LogP contribution in [-0.2, 0) is 24.0 Å². The molecule has 6 unspecified atom stereocenters. The molecule has 166 valence electrons. The molecule has 0 aliphatic heterocycles. The van der Waals surface area contributed by atoms with Gasteiger partial charge >= 0.3 is 11.9 Å². The highest BCUT2D eigenvalue weighted by Crippen LogP contribution is 1.99. The molecule has 0 aromatic carbocycles. The first-order chi connectivity index (χ1) is 13.3. The molecule has 29 heavy (non-hydrogen) atoms. The molecule has 0 saturated heterocycles. The molecular formula is C15H26N4O10. The Labute approximate surface area is 165 Å². The highest BCUT2D eigenvalue weighted by molar-refractivity contribution is 5.95. The van der Waals surface area contributed by atoms with Crippen LogP contribution in [0.3, 0.4) is 0 Å². The van der Waals surface area contributed by atoms with E-state index in [1.807, 2.05) is 10.6 Å². The van der Waals surface area contributed by atoms with Crippen LogP contribution in [0, 0.1) is 0 Å². The second-order valence-electron chi connectivity index (χ2n) is 6.23. The fourth-order valence-corrected chi connectivity index (χ4v) is 1.98. The number of hydrogen-bond acceptors (Lipinski definition) is 9. The Morgan fingerprint density at radius 2 is 1.34 bits per heavy atom. The van der Waals surface area contributed by atoms with Crippen LogP contribution in [0.4, 0.5) is 0 Å². The number of rotatable bonds is 12. The first-order valence-corrected chi connectivity index (χ1v) is 8.40. The summed E-state index contributed by atoms with van der Waals surface area (Å²) in [5.41, 5.74) is 5.42. The quantitative estimate of drug-likeness (QED) is 0.144. The number of amides is 3. The van der Waals surface area contributed by atoms with Crippen molar-refractivity contribution in [2.75, 3.05) is 6.61 Å². The topological polar surface area (TPSA) is 249 Å². The summed E-state index contributed by atoms with van der Waals surface area (Å²) in [6, 6.07) is -6.55. The third-order valence-corrected chi connectivity index (χ3v) is 3.69. The SMILES string of the molecule is CC(O)C(N)C(=O)NC(C(=O)NC(CO)C(=O)NC(CC(=O)O)C(=O)O)C(C)O. The van der Waals surface area contributed by atoms with Gasteiger partial charge in [0.25, 0.3) is 0 Å². The number of carboxylic acid groups (broad SMARTS) is 2. The number of carbonyl (C=O) groups is 5. The molecule has 3 amide bonds. The minimum atomic E-state index is -1.82. The van der Waals surface area contributed by atoms with Crippen molar-refractivity contribution in [2.45, 2.75) is 56.6 Å². The van der Waals surface area contributed by atoms with Crippen LogP contribution in [0.1, 0.15) is 20.3 Å². The number of aliphatic hydroxyl groups is 3. The smallest absolute Gasteiger partial charge is 0.326 e. The maximum Gasteiger partial charge on any atom is 0.326 e. The molecule has 0 heterocycles. The Bertz CT molecular complexity index is 624. The number of hydrogen-bond donors (Lipinski definition) is 9. The van der Waals surface area contributed by atoms with E-state index in [-0.39, 0.29) is 0 Å². The normalized spacial score (nSPS) is 17.0. The van der Waals surface area contributed by atoms with E-state index >= 15 is 0 Å². The van der Waals surface area contributed by atoms with Gasteiger partial charge in [0.15, 0.2) is 0 Å². The largest absolute Gasteiger partial charge is 0.481 e. The van der Waals surface area contributed by atoms with E-state index in [2.05, 4.69) is 5.32 Å². The number of carboxylic acids is 2. The average Bonchev–Trinajstić information content (AvgIpc) is 2.61. The number of nitrogens with one attached hydrogen (secondary N) is 3. The number of aliphatic carboxylic acids is 2. The van der Waals surface area contributed by atoms with Crippen molar-refractivity contribution >= 4 is 29.7 Å². The molecule has 0 aliphatic rings. The third kappa shape index (κ3) is 8.82. The van der Waals surface area contributed by atoms with Gasteiger partial charge in [-0.25, -0.2) is 4.79 Å². The summed E-state index contributed by atoms with van der Waals surface area (Å²) >= 11 is 0. The van der Waals surface area contributed by atoms with Gasteiger partial charge in [0, 0.05) is 0 Å². The summed E-state index contributed by atoms with van der Waals surface area (Å²) in [6.07, 6.45) is -3.68. The van der Waals surface area contributed by atoms with E-state index in [0.29, 0.717) is 0 Å². The Morgan fingerprint density at radius 3 is 1.72 bits per heavy atom. The molecule has 0 rings (SSSR count). The van der Waals surface area contributed by atoms with Crippen LogP contribution in [-0.4, -0.2) is 98.2 Å². The summed E-state index contributed by atoms with van der Waals surface area (Å²) in [5.74, 6) is -6.45. The van der Waals surface area contributed by atoms with Gasteiger partial charge in [-0.15, -0.1) is 0 Å². The zero-order valence-electron chi connectivity index (χ0n) is 15.7. The van der Waals surface area contributed by atoms with E-state index < -0.39 is 79.1 Å². The van der Waals surface area contributed by atoms with Crippen molar-refractivity contribution < 1.29 is 49.5 Å². The average molecular weight is 422 g/mol. The van der Waals surface area contributed by atoms with Crippen LogP contribution < -0.4 is 21.7 Å². The highest BCUT2D eigenvalue weighted by Gasteiger charge is 2.33. The van der Waals surface area contributed by atoms with Gasteiger partial charge in [-0.3, -0.25) is 19.2 Å². The predicted octanol–water partition coefficient (Wildman–Crippen LogP) is -4.92. The molecule has 0 aliphatic carbocycles. The van der Waals surface area contributed by atoms with Crippen LogP contribution in [0.15, 0.2) is 0 Å². The molecular weight excluding hydrogens is 396 g/mol. The summed E-state index contributed by atoms with van der Waals surface area (Å²) < 4.78 is 0. The van der Waals surface area contributed by atoms with E-state index in [9.17, 15) is 39.3 Å². The first-order valence-electron chi connectivity index (χ1n) is 8.40. The predicted molar refractivity (Wildman–Crippen MR) is 94.1 cm³/mol. The van der Waals surface area contributed by atoms with Gasteiger partial charge in [-0.05, 0) is 13.8 Å².